The number of non-ortho nitro benzene ring substituents is 1. The van der Waals surface area contributed by atoms with Crippen molar-refractivity contribution in [1.82, 2.24) is 0 Å². The molecule has 18 heavy (non-hydrogen) atoms. The van der Waals surface area contributed by atoms with Crippen LogP contribution in [0.5, 0.6) is 0 Å². The van der Waals surface area contributed by atoms with Gasteiger partial charge < -0.3 is 0 Å². The molecular formula is C15H13NO2. The van der Waals surface area contributed by atoms with E-state index < -0.39 is 0 Å². The van der Waals surface area contributed by atoms with Crippen LogP contribution in [0.15, 0.2) is 54.6 Å². The Labute approximate surface area is 106 Å². The SMILES string of the molecule is CC(=Cc1cccc([N+](=O)[O-])c1)c1ccccc1. The molecule has 0 aliphatic rings. The Bertz CT molecular complexity index is 588. The van der Waals surface area contributed by atoms with Crippen molar-refractivity contribution in [1.29, 1.82) is 0 Å². The van der Waals surface area contributed by atoms with Crippen LogP contribution >= 0.6 is 0 Å². The van der Waals surface area contributed by atoms with E-state index in [0.29, 0.717) is 0 Å². The molecule has 90 valence electrons. The third kappa shape index (κ3) is 2.83. The third-order valence-electron chi connectivity index (χ3n) is 2.69. The Morgan fingerprint density at radius 2 is 1.83 bits per heavy atom. The van der Waals surface area contributed by atoms with E-state index in [-0.39, 0.29) is 10.6 Å². The molecule has 0 bridgehead atoms. The van der Waals surface area contributed by atoms with Crippen molar-refractivity contribution < 1.29 is 4.92 Å². The Kier molecular flexibility index (Phi) is 3.53. The summed E-state index contributed by atoms with van der Waals surface area (Å²) in [6, 6.07) is 16.6. The van der Waals surface area contributed by atoms with E-state index in [0.717, 1.165) is 16.7 Å². The number of nitro groups is 1. The molecule has 0 aliphatic carbocycles. The van der Waals surface area contributed by atoms with Crippen LogP contribution in [0, 0.1) is 10.1 Å². The van der Waals surface area contributed by atoms with Crippen molar-refractivity contribution in [3.63, 3.8) is 0 Å². The van der Waals surface area contributed by atoms with Gasteiger partial charge in [0.25, 0.3) is 5.69 Å². The fourth-order valence-electron chi connectivity index (χ4n) is 1.76. The van der Waals surface area contributed by atoms with Crippen LogP contribution in [0.3, 0.4) is 0 Å². The molecule has 0 N–H and O–H groups in total. The molecule has 3 nitrogen and oxygen atoms in total. The summed E-state index contributed by atoms with van der Waals surface area (Å²) in [5.41, 5.74) is 3.15. The molecule has 0 atom stereocenters. The maximum Gasteiger partial charge on any atom is 0.270 e. The molecular weight excluding hydrogens is 226 g/mol. The van der Waals surface area contributed by atoms with Gasteiger partial charge in [0.15, 0.2) is 0 Å². The van der Waals surface area contributed by atoms with Crippen molar-refractivity contribution in [2.45, 2.75) is 6.92 Å². The maximum atomic E-state index is 10.7. The van der Waals surface area contributed by atoms with Crippen LogP contribution in [0.1, 0.15) is 18.1 Å². The summed E-state index contributed by atoms with van der Waals surface area (Å²) in [7, 11) is 0. The van der Waals surface area contributed by atoms with Gasteiger partial charge >= 0.3 is 0 Å². The predicted octanol–water partition coefficient (Wildman–Crippen LogP) is 4.16. The fraction of sp³-hybridized carbons (Fsp3) is 0.0667. The molecule has 0 aliphatic heterocycles. The minimum Gasteiger partial charge on any atom is -0.258 e. The zero-order valence-corrected chi connectivity index (χ0v) is 10.0. The Balaban J connectivity index is 2.33. The second-order valence-electron chi connectivity index (χ2n) is 4.05. The Morgan fingerprint density at radius 3 is 2.50 bits per heavy atom. The van der Waals surface area contributed by atoms with E-state index in [9.17, 15) is 10.1 Å². The lowest BCUT2D eigenvalue weighted by Gasteiger charge is -2.01. The molecule has 0 amide bonds. The summed E-state index contributed by atoms with van der Waals surface area (Å²) in [6.07, 6.45) is 1.95. The highest BCUT2D eigenvalue weighted by molar-refractivity contribution is 5.80. The number of benzene rings is 2. The molecule has 3 heteroatoms. The lowest BCUT2D eigenvalue weighted by molar-refractivity contribution is -0.384. The summed E-state index contributed by atoms with van der Waals surface area (Å²) >= 11 is 0. The van der Waals surface area contributed by atoms with Crippen molar-refractivity contribution >= 4 is 17.3 Å². The van der Waals surface area contributed by atoms with Gasteiger partial charge in [-0.3, -0.25) is 10.1 Å². The van der Waals surface area contributed by atoms with Crippen LogP contribution in [0.4, 0.5) is 5.69 Å². The molecule has 0 radical (unpaired) electrons. The highest BCUT2D eigenvalue weighted by Gasteiger charge is 2.04. The smallest absolute Gasteiger partial charge is 0.258 e. The van der Waals surface area contributed by atoms with Crippen LogP contribution in [-0.4, -0.2) is 4.92 Å². The molecule has 0 spiro atoms. The molecule has 0 heterocycles. The largest absolute Gasteiger partial charge is 0.270 e. The van der Waals surface area contributed by atoms with Gasteiger partial charge in [-0.05, 0) is 23.6 Å². The van der Waals surface area contributed by atoms with Crippen molar-refractivity contribution in [2.24, 2.45) is 0 Å². The van der Waals surface area contributed by atoms with Crippen molar-refractivity contribution in [2.75, 3.05) is 0 Å². The fourth-order valence-corrected chi connectivity index (χ4v) is 1.76. The predicted molar refractivity (Wildman–Crippen MR) is 73.1 cm³/mol. The van der Waals surface area contributed by atoms with Crippen LogP contribution in [-0.2, 0) is 0 Å². The third-order valence-corrected chi connectivity index (χ3v) is 2.69. The highest BCUT2D eigenvalue weighted by Crippen LogP contribution is 2.20. The van der Waals surface area contributed by atoms with E-state index in [1.165, 1.54) is 6.07 Å². The van der Waals surface area contributed by atoms with Gasteiger partial charge in [0.2, 0.25) is 0 Å². The number of rotatable bonds is 3. The van der Waals surface area contributed by atoms with Gasteiger partial charge in [-0.25, -0.2) is 0 Å². The average Bonchev–Trinajstić information content (AvgIpc) is 2.40. The molecule has 0 aromatic heterocycles. The topological polar surface area (TPSA) is 43.1 Å². The van der Waals surface area contributed by atoms with Crippen LogP contribution in [0.25, 0.3) is 11.6 Å². The minimum atomic E-state index is -0.380. The summed E-state index contributed by atoms with van der Waals surface area (Å²) < 4.78 is 0. The second-order valence-corrected chi connectivity index (χ2v) is 4.05. The van der Waals surface area contributed by atoms with Gasteiger partial charge in [0, 0.05) is 12.1 Å². The van der Waals surface area contributed by atoms with E-state index in [4.69, 9.17) is 0 Å². The standard InChI is InChI=1S/C15H13NO2/c1-12(14-7-3-2-4-8-14)10-13-6-5-9-15(11-13)16(17)18/h2-11H,1H3. The first-order valence-electron chi connectivity index (χ1n) is 5.65. The van der Waals surface area contributed by atoms with Gasteiger partial charge in [0.05, 0.1) is 4.92 Å². The molecule has 0 unspecified atom stereocenters. The maximum absolute atomic E-state index is 10.7. The molecule has 2 rings (SSSR count). The van der Waals surface area contributed by atoms with Crippen molar-refractivity contribution in [3.8, 4) is 0 Å². The molecule has 0 saturated heterocycles. The number of hydrogen-bond donors (Lipinski definition) is 0. The van der Waals surface area contributed by atoms with Crippen LogP contribution < -0.4 is 0 Å². The summed E-state index contributed by atoms with van der Waals surface area (Å²) in [5, 5.41) is 10.7. The number of hydrogen-bond acceptors (Lipinski definition) is 2. The monoisotopic (exact) mass is 239 g/mol. The number of nitrogens with zero attached hydrogens (tertiary/aromatic N) is 1. The molecule has 0 saturated carbocycles. The molecule has 2 aromatic rings. The van der Waals surface area contributed by atoms with Gasteiger partial charge in [-0.15, -0.1) is 0 Å². The minimum absolute atomic E-state index is 0.115. The van der Waals surface area contributed by atoms with E-state index >= 15 is 0 Å². The first-order chi connectivity index (χ1) is 8.66. The van der Waals surface area contributed by atoms with Crippen molar-refractivity contribution in [3.05, 3.63) is 75.8 Å². The second kappa shape index (κ2) is 5.27. The van der Waals surface area contributed by atoms with Gasteiger partial charge in [-0.1, -0.05) is 48.5 Å². The first-order valence-corrected chi connectivity index (χ1v) is 5.65. The number of nitro benzene ring substituents is 1. The summed E-state index contributed by atoms with van der Waals surface area (Å²) in [5.74, 6) is 0. The first kappa shape index (κ1) is 12.0. The molecule has 2 aromatic carbocycles. The highest BCUT2D eigenvalue weighted by atomic mass is 16.6. The zero-order valence-electron chi connectivity index (χ0n) is 10.0. The van der Waals surface area contributed by atoms with E-state index in [1.54, 1.807) is 12.1 Å². The summed E-state index contributed by atoms with van der Waals surface area (Å²) in [4.78, 5) is 10.3. The Morgan fingerprint density at radius 1 is 1.11 bits per heavy atom. The van der Waals surface area contributed by atoms with Crippen LogP contribution in [0.2, 0.25) is 0 Å². The lowest BCUT2D eigenvalue weighted by atomic mass is 10.0. The lowest BCUT2D eigenvalue weighted by Crippen LogP contribution is -1.87. The average molecular weight is 239 g/mol. The van der Waals surface area contributed by atoms with E-state index in [2.05, 4.69) is 0 Å². The number of allylic oxidation sites excluding steroid dienone is 1. The quantitative estimate of drug-likeness (QED) is 0.458. The van der Waals surface area contributed by atoms with Gasteiger partial charge in [-0.2, -0.15) is 0 Å². The molecule has 0 fully saturated rings. The normalized spacial score (nSPS) is 11.3. The summed E-state index contributed by atoms with van der Waals surface area (Å²) in [6.45, 7) is 1.99. The van der Waals surface area contributed by atoms with Gasteiger partial charge in [0.1, 0.15) is 0 Å². The zero-order chi connectivity index (χ0) is 13.0. The van der Waals surface area contributed by atoms with E-state index in [1.807, 2.05) is 49.4 Å². The Hall–Kier alpha value is -2.42.